The molecule has 0 aliphatic carbocycles. The van der Waals surface area contributed by atoms with Gasteiger partial charge in [0.05, 0.1) is 11.9 Å². The van der Waals surface area contributed by atoms with E-state index in [1.165, 1.54) is 6.92 Å². The fourth-order valence-electron chi connectivity index (χ4n) is 1.03. The summed E-state index contributed by atoms with van der Waals surface area (Å²) >= 11 is 0. The lowest BCUT2D eigenvalue weighted by Gasteiger charge is -2.12. The summed E-state index contributed by atoms with van der Waals surface area (Å²) in [5, 5.41) is 0. The first kappa shape index (κ1) is 11.2. The van der Waals surface area contributed by atoms with Gasteiger partial charge in [0.1, 0.15) is 0 Å². The maximum absolute atomic E-state index is 10.7. The summed E-state index contributed by atoms with van der Waals surface area (Å²) in [6, 6.07) is 0. The topological polar surface area (TPSA) is 46.1 Å². The van der Waals surface area contributed by atoms with Crippen LogP contribution >= 0.6 is 0 Å². The summed E-state index contributed by atoms with van der Waals surface area (Å²) in [5.41, 5.74) is 1.32. The molecule has 0 aliphatic rings. The number of hydrogen-bond donors (Lipinski definition) is 0. The normalized spacial score (nSPS) is 9.07. The van der Waals surface area contributed by atoms with E-state index in [1.54, 1.807) is 6.20 Å². The van der Waals surface area contributed by atoms with Crippen LogP contribution in [0.2, 0.25) is 0 Å². The van der Waals surface area contributed by atoms with Crippen molar-refractivity contribution in [2.75, 3.05) is 19.0 Å². The smallest absolute Gasteiger partial charge is 0.202 e. The fourth-order valence-corrected chi connectivity index (χ4v) is 1.03. The van der Waals surface area contributed by atoms with Crippen LogP contribution in [0.3, 0.4) is 0 Å². The van der Waals surface area contributed by atoms with Gasteiger partial charge < -0.3 is 4.90 Å². The van der Waals surface area contributed by atoms with Crippen molar-refractivity contribution in [1.82, 2.24) is 9.97 Å². The van der Waals surface area contributed by atoms with E-state index >= 15 is 0 Å². The average Bonchev–Trinajstić information content (AvgIpc) is 2.14. The average molecular weight is 203 g/mol. The predicted molar refractivity (Wildman–Crippen MR) is 58.7 cm³/mol. The fraction of sp³-hybridized carbons (Fsp3) is 0.364. The standard InChI is InChI=1S/C11H13N3O/c1-8-7-12-11(14(3)4)10(13-8)6-5-9(2)15/h7H,1-4H3. The summed E-state index contributed by atoms with van der Waals surface area (Å²) in [4.78, 5) is 21.0. The van der Waals surface area contributed by atoms with Gasteiger partial charge in [-0.25, -0.2) is 9.97 Å². The molecule has 15 heavy (non-hydrogen) atoms. The molecule has 0 fully saturated rings. The monoisotopic (exact) mass is 203 g/mol. The molecule has 0 spiro atoms. The second kappa shape index (κ2) is 4.56. The highest BCUT2D eigenvalue weighted by Gasteiger charge is 2.05. The van der Waals surface area contributed by atoms with Gasteiger partial charge in [-0.1, -0.05) is 0 Å². The van der Waals surface area contributed by atoms with E-state index in [4.69, 9.17) is 0 Å². The van der Waals surface area contributed by atoms with E-state index in [9.17, 15) is 4.79 Å². The molecule has 0 N–H and O–H groups in total. The van der Waals surface area contributed by atoms with Gasteiger partial charge in [-0.05, 0) is 18.8 Å². The Kier molecular flexibility index (Phi) is 3.40. The Labute approximate surface area is 89.3 Å². The number of carbonyl (C=O) groups is 1. The third-order valence-electron chi connectivity index (χ3n) is 1.65. The maximum atomic E-state index is 10.7. The van der Waals surface area contributed by atoms with Crippen LogP contribution in [0, 0.1) is 18.8 Å². The van der Waals surface area contributed by atoms with Gasteiger partial charge in [0, 0.05) is 21.0 Å². The molecule has 0 unspecified atom stereocenters. The minimum absolute atomic E-state index is 0.178. The Balaban J connectivity index is 3.21. The molecule has 0 amide bonds. The number of carbonyl (C=O) groups excluding carboxylic acids is 1. The van der Waals surface area contributed by atoms with E-state index in [0.717, 1.165) is 5.69 Å². The zero-order valence-electron chi connectivity index (χ0n) is 9.33. The van der Waals surface area contributed by atoms with E-state index < -0.39 is 0 Å². The van der Waals surface area contributed by atoms with Crippen LogP contribution in [0.1, 0.15) is 18.3 Å². The molecule has 0 aliphatic heterocycles. The van der Waals surface area contributed by atoms with E-state index in [0.29, 0.717) is 11.5 Å². The van der Waals surface area contributed by atoms with E-state index in [-0.39, 0.29) is 5.78 Å². The lowest BCUT2D eigenvalue weighted by molar-refractivity contribution is -0.111. The summed E-state index contributed by atoms with van der Waals surface area (Å²) in [6.45, 7) is 3.26. The number of Topliss-reactive ketones (excluding diaryl/α,β-unsaturated/α-hetero) is 1. The molecule has 0 aromatic carbocycles. The number of hydrogen-bond acceptors (Lipinski definition) is 4. The number of nitrogens with zero attached hydrogens (tertiary/aromatic N) is 3. The molecule has 0 radical (unpaired) electrons. The molecule has 1 heterocycles. The minimum Gasteiger partial charge on any atom is -0.360 e. The molecule has 78 valence electrons. The molecule has 4 nitrogen and oxygen atoms in total. The Morgan fingerprint density at radius 3 is 2.67 bits per heavy atom. The van der Waals surface area contributed by atoms with Gasteiger partial charge in [-0.2, -0.15) is 0 Å². The Morgan fingerprint density at radius 2 is 2.13 bits per heavy atom. The first-order valence-electron chi connectivity index (χ1n) is 4.54. The van der Waals surface area contributed by atoms with Gasteiger partial charge in [-0.15, -0.1) is 0 Å². The van der Waals surface area contributed by atoms with Crippen molar-refractivity contribution in [3.8, 4) is 11.8 Å². The van der Waals surface area contributed by atoms with Crippen molar-refractivity contribution < 1.29 is 4.79 Å². The largest absolute Gasteiger partial charge is 0.360 e. The van der Waals surface area contributed by atoms with Crippen LogP contribution in [-0.2, 0) is 4.79 Å². The van der Waals surface area contributed by atoms with Gasteiger partial charge in [0.2, 0.25) is 5.78 Å². The molecular weight excluding hydrogens is 190 g/mol. The van der Waals surface area contributed by atoms with Crippen molar-refractivity contribution >= 4 is 11.6 Å². The molecule has 0 saturated carbocycles. The molecule has 1 aromatic rings. The predicted octanol–water partition coefficient (Wildman–Crippen LogP) is 0.792. The van der Waals surface area contributed by atoms with Crippen molar-refractivity contribution in [2.45, 2.75) is 13.8 Å². The highest BCUT2D eigenvalue weighted by atomic mass is 16.1. The van der Waals surface area contributed by atoms with E-state index in [2.05, 4.69) is 21.8 Å². The van der Waals surface area contributed by atoms with Crippen molar-refractivity contribution in [1.29, 1.82) is 0 Å². The van der Waals surface area contributed by atoms with Crippen LogP contribution in [0.15, 0.2) is 6.20 Å². The maximum Gasteiger partial charge on any atom is 0.202 e. The zero-order chi connectivity index (χ0) is 11.4. The van der Waals surface area contributed by atoms with Gasteiger partial charge in [0.25, 0.3) is 0 Å². The first-order valence-corrected chi connectivity index (χ1v) is 4.54. The van der Waals surface area contributed by atoms with Gasteiger partial charge in [0.15, 0.2) is 11.5 Å². The molecule has 4 heteroatoms. The van der Waals surface area contributed by atoms with Crippen molar-refractivity contribution in [3.63, 3.8) is 0 Å². The minimum atomic E-state index is -0.178. The summed E-state index contributed by atoms with van der Waals surface area (Å²) in [7, 11) is 3.72. The molecule has 1 rings (SSSR count). The lowest BCUT2D eigenvalue weighted by Crippen LogP contribution is -2.13. The Morgan fingerprint density at radius 1 is 1.47 bits per heavy atom. The molecule has 0 atom stereocenters. The van der Waals surface area contributed by atoms with Crippen LogP contribution in [0.5, 0.6) is 0 Å². The lowest BCUT2D eigenvalue weighted by atomic mass is 10.3. The number of ketones is 1. The Bertz CT molecular complexity index is 441. The van der Waals surface area contributed by atoms with Crippen molar-refractivity contribution in [2.24, 2.45) is 0 Å². The molecule has 0 saturated heterocycles. The number of aryl methyl sites for hydroxylation is 1. The van der Waals surface area contributed by atoms with Crippen LogP contribution < -0.4 is 4.90 Å². The zero-order valence-corrected chi connectivity index (χ0v) is 9.33. The quantitative estimate of drug-likeness (QED) is 0.633. The highest BCUT2D eigenvalue weighted by Crippen LogP contribution is 2.11. The number of aromatic nitrogens is 2. The molecule has 1 aromatic heterocycles. The summed E-state index contributed by atoms with van der Waals surface area (Å²) in [6.07, 6.45) is 1.67. The number of anilines is 1. The summed E-state index contributed by atoms with van der Waals surface area (Å²) < 4.78 is 0. The molecule has 0 bridgehead atoms. The number of rotatable bonds is 1. The third-order valence-corrected chi connectivity index (χ3v) is 1.65. The third kappa shape index (κ3) is 3.06. The highest BCUT2D eigenvalue weighted by molar-refractivity contribution is 5.94. The first-order chi connectivity index (χ1) is 7.00. The van der Waals surface area contributed by atoms with Gasteiger partial charge >= 0.3 is 0 Å². The Hall–Kier alpha value is -1.89. The van der Waals surface area contributed by atoms with Gasteiger partial charge in [-0.3, -0.25) is 4.79 Å². The summed E-state index contributed by atoms with van der Waals surface area (Å²) in [5.74, 6) is 5.68. The molecular formula is C11H13N3O. The van der Waals surface area contributed by atoms with Crippen LogP contribution in [0.4, 0.5) is 5.82 Å². The second-order valence-corrected chi connectivity index (χ2v) is 3.38. The second-order valence-electron chi connectivity index (χ2n) is 3.38. The van der Waals surface area contributed by atoms with Crippen LogP contribution in [-0.4, -0.2) is 29.8 Å². The van der Waals surface area contributed by atoms with Crippen molar-refractivity contribution in [3.05, 3.63) is 17.6 Å². The SMILES string of the molecule is CC(=O)C#Cc1nc(C)cnc1N(C)C. The van der Waals surface area contributed by atoms with E-state index in [1.807, 2.05) is 25.9 Å². The van der Waals surface area contributed by atoms with Crippen LogP contribution in [0.25, 0.3) is 0 Å².